The predicted molar refractivity (Wildman–Crippen MR) is 66.1 cm³/mol. The zero-order chi connectivity index (χ0) is 11.0. The molecule has 0 aromatic carbocycles. The summed E-state index contributed by atoms with van der Waals surface area (Å²) in [7, 11) is -3.73. The fourth-order valence-electron chi connectivity index (χ4n) is 1.37. The molecule has 0 radical (unpaired) electrons. The van der Waals surface area contributed by atoms with Crippen molar-refractivity contribution in [1.29, 1.82) is 0 Å². The summed E-state index contributed by atoms with van der Waals surface area (Å²) in [6, 6.07) is 0. The van der Waals surface area contributed by atoms with Gasteiger partial charge in [-0.15, -0.1) is 0 Å². The van der Waals surface area contributed by atoms with E-state index in [-0.39, 0.29) is 57.1 Å². The van der Waals surface area contributed by atoms with Gasteiger partial charge >= 0.3 is 51.4 Å². The first-order valence-electron chi connectivity index (χ1n) is 5.37. The summed E-state index contributed by atoms with van der Waals surface area (Å²) in [5.74, 6) is 0.671. The molecule has 0 atom stereocenters. The minimum absolute atomic E-state index is 0. The van der Waals surface area contributed by atoms with Gasteiger partial charge in [-0.1, -0.05) is 46.0 Å². The van der Waals surface area contributed by atoms with Crippen LogP contribution in [-0.2, 0) is 10.1 Å². The predicted octanol–water partition coefficient (Wildman–Crippen LogP) is 2.22. The van der Waals surface area contributed by atoms with E-state index in [0.29, 0.717) is 6.42 Å². The van der Waals surface area contributed by atoms with Gasteiger partial charge < -0.3 is 0 Å². The fraction of sp³-hybridized carbons (Fsp3) is 1.00. The molecule has 0 heterocycles. The molecule has 0 saturated carbocycles. The molecule has 0 aliphatic heterocycles. The van der Waals surface area contributed by atoms with Crippen molar-refractivity contribution in [3.8, 4) is 0 Å². The van der Waals surface area contributed by atoms with E-state index >= 15 is 0 Å². The standard InChI is InChI=1S/C10H22O3S.K.H/c1-10(2)8-6-4-3-5-7-9-14(11,12)13;;/h10H,3-9H2,1-2H3,(H,11,12,13);;. The maximum absolute atomic E-state index is 10.4. The number of hydrogen-bond acceptors (Lipinski definition) is 2. The van der Waals surface area contributed by atoms with Gasteiger partial charge in [-0.3, -0.25) is 4.55 Å². The van der Waals surface area contributed by atoms with E-state index in [1.54, 1.807) is 0 Å². The van der Waals surface area contributed by atoms with Crippen molar-refractivity contribution in [1.82, 2.24) is 0 Å². The normalized spacial score (nSPS) is 11.5. The van der Waals surface area contributed by atoms with E-state index in [9.17, 15) is 8.42 Å². The summed E-state index contributed by atoms with van der Waals surface area (Å²) < 4.78 is 29.2. The van der Waals surface area contributed by atoms with Gasteiger partial charge in [0, 0.05) is 0 Å². The molecule has 0 aromatic heterocycles. The first-order chi connectivity index (χ1) is 6.42. The van der Waals surface area contributed by atoms with Gasteiger partial charge in [-0.05, 0) is 12.3 Å². The summed E-state index contributed by atoms with van der Waals surface area (Å²) in [5.41, 5.74) is 0. The van der Waals surface area contributed by atoms with Crippen molar-refractivity contribution >= 4 is 61.5 Å². The minimum atomic E-state index is -3.73. The van der Waals surface area contributed by atoms with Crippen LogP contribution >= 0.6 is 0 Å². The Labute approximate surface area is 137 Å². The maximum atomic E-state index is 10.4. The molecule has 0 saturated heterocycles. The Hall–Kier alpha value is 1.55. The van der Waals surface area contributed by atoms with Crippen LogP contribution in [0.2, 0.25) is 0 Å². The molecule has 0 spiro atoms. The Balaban J connectivity index is 0. The van der Waals surface area contributed by atoms with Crippen LogP contribution in [0, 0.1) is 5.92 Å². The van der Waals surface area contributed by atoms with Crippen LogP contribution in [0.15, 0.2) is 0 Å². The van der Waals surface area contributed by atoms with Crippen LogP contribution < -0.4 is 0 Å². The van der Waals surface area contributed by atoms with Crippen molar-refractivity contribution < 1.29 is 13.0 Å². The number of hydrogen-bond donors (Lipinski definition) is 1. The molecule has 0 bridgehead atoms. The van der Waals surface area contributed by atoms with E-state index in [2.05, 4.69) is 13.8 Å². The van der Waals surface area contributed by atoms with Crippen molar-refractivity contribution in [2.24, 2.45) is 5.92 Å². The summed E-state index contributed by atoms with van der Waals surface area (Å²) in [5, 5.41) is 0. The van der Waals surface area contributed by atoms with Gasteiger partial charge in [0.05, 0.1) is 5.75 Å². The van der Waals surface area contributed by atoms with Gasteiger partial charge in [0.15, 0.2) is 0 Å². The summed E-state index contributed by atoms with van der Waals surface area (Å²) in [6.07, 6.45) is 6.20. The molecule has 0 aromatic rings. The molecule has 0 fully saturated rings. The monoisotopic (exact) mass is 262 g/mol. The second-order valence-corrected chi connectivity index (χ2v) is 5.81. The number of unbranched alkanes of at least 4 members (excludes halogenated alkanes) is 4. The zero-order valence-corrected chi connectivity index (χ0v) is 10.0. The number of rotatable bonds is 8. The molecule has 0 unspecified atom stereocenters. The van der Waals surface area contributed by atoms with E-state index in [0.717, 1.165) is 18.8 Å². The average molecular weight is 262 g/mol. The van der Waals surface area contributed by atoms with Gasteiger partial charge in [-0.2, -0.15) is 8.42 Å². The van der Waals surface area contributed by atoms with Gasteiger partial charge in [0.2, 0.25) is 0 Å². The first-order valence-corrected chi connectivity index (χ1v) is 6.98. The van der Waals surface area contributed by atoms with E-state index < -0.39 is 10.1 Å². The Bertz CT molecular complexity index is 225. The summed E-state index contributed by atoms with van der Waals surface area (Å²) in [4.78, 5) is 0. The first kappa shape index (κ1) is 18.9. The molecule has 0 aliphatic rings. The Morgan fingerprint density at radius 3 is 1.93 bits per heavy atom. The Morgan fingerprint density at radius 1 is 1.00 bits per heavy atom. The van der Waals surface area contributed by atoms with Crippen LogP contribution in [0.3, 0.4) is 0 Å². The summed E-state index contributed by atoms with van der Waals surface area (Å²) in [6.45, 7) is 4.41. The van der Waals surface area contributed by atoms with Gasteiger partial charge in [0.1, 0.15) is 0 Å². The molecule has 0 amide bonds. The summed E-state index contributed by atoms with van der Waals surface area (Å²) >= 11 is 0. The topological polar surface area (TPSA) is 54.4 Å². The van der Waals surface area contributed by atoms with Crippen molar-refractivity contribution in [3.63, 3.8) is 0 Å². The van der Waals surface area contributed by atoms with Crippen LogP contribution in [0.4, 0.5) is 0 Å². The quantitative estimate of drug-likeness (QED) is 0.414. The molecule has 1 N–H and O–H groups in total. The Morgan fingerprint density at radius 2 is 1.47 bits per heavy atom. The van der Waals surface area contributed by atoms with Crippen LogP contribution in [0.1, 0.15) is 52.4 Å². The average Bonchev–Trinajstić information content (AvgIpc) is 2.00. The van der Waals surface area contributed by atoms with Crippen molar-refractivity contribution in [3.05, 3.63) is 0 Å². The third-order valence-electron chi connectivity index (χ3n) is 2.18. The van der Waals surface area contributed by atoms with Crippen molar-refractivity contribution in [2.45, 2.75) is 52.4 Å². The molecule has 3 nitrogen and oxygen atoms in total. The molecular formula is C10H23KO3S. The van der Waals surface area contributed by atoms with Gasteiger partial charge in [0.25, 0.3) is 10.1 Å². The Kier molecular flexibility index (Phi) is 13.5. The molecule has 0 aliphatic carbocycles. The molecular weight excluding hydrogens is 239 g/mol. The van der Waals surface area contributed by atoms with E-state index in [4.69, 9.17) is 4.55 Å². The zero-order valence-electron chi connectivity index (χ0n) is 9.20. The second kappa shape index (κ2) is 10.7. The van der Waals surface area contributed by atoms with Crippen molar-refractivity contribution in [2.75, 3.05) is 5.75 Å². The molecule has 88 valence electrons. The second-order valence-electron chi connectivity index (χ2n) is 4.24. The van der Waals surface area contributed by atoms with Gasteiger partial charge in [-0.25, -0.2) is 0 Å². The SMILES string of the molecule is CC(C)CCCCCCCS(=O)(=O)O.[KH]. The molecule has 5 heteroatoms. The third-order valence-corrected chi connectivity index (χ3v) is 2.99. The van der Waals surface area contributed by atoms with Crippen LogP contribution in [0.25, 0.3) is 0 Å². The molecule has 15 heavy (non-hydrogen) atoms. The van der Waals surface area contributed by atoms with Crippen LogP contribution in [-0.4, -0.2) is 70.1 Å². The van der Waals surface area contributed by atoms with E-state index in [1.807, 2.05) is 0 Å². The van der Waals surface area contributed by atoms with E-state index in [1.165, 1.54) is 19.3 Å². The molecule has 0 rings (SSSR count). The third kappa shape index (κ3) is 18.1. The van der Waals surface area contributed by atoms with Crippen LogP contribution in [0.5, 0.6) is 0 Å². The fourth-order valence-corrected chi connectivity index (χ4v) is 1.94.